The lowest BCUT2D eigenvalue weighted by molar-refractivity contribution is -0.175. The number of rotatable bonds is 5. The van der Waals surface area contributed by atoms with E-state index in [9.17, 15) is 4.79 Å². The SMILES string of the molecule is [2H]c1c([2H])c([2H])c(C2(OC(=O)CC)CCN(C)CC2CC=C)c([2H])c1[2H]. The number of hydrogen-bond acceptors (Lipinski definition) is 3. The number of hydrogen-bond donors (Lipinski definition) is 0. The molecule has 1 aliphatic rings. The minimum absolute atomic E-state index is 0.0743. The number of carbonyl (C=O) groups is 1. The molecular formula is C18H25NO2. The molecule has 1 aromatic rings. The Morgan fingerprint density at radius 2 is 2.29 bits per heavy atom. The van der Waals surface area contributed by atoms with Gasteiger partial charge >= 0.3 is 5.97 Å². The standard InChI is InChI=1S/C18H25NO2/c1-4-9-16-14-19(3)13-12-18(16,21-17(20)5-2)15-10-7-6-8-11-15/h4,6-8,10-11,16H,1,5,9,12-14H2,2-3H3/i6D,7D,8D,10D,11D. The van der Waals surface area contributed by atoms with Gasteiger partial charge in [0, 0.05) is 31.8 Å². The normalized spacial score (nSPS) is 29.6. The van der Waals surface area contributed by atoms with Crippen LogP contribution in [0.3, 0.4) is 0 Å². The van der Waals surface area contributed by atoms with Gasteiger partial charge in [0.1, 0.15) is 5.60 Å². The summed E-state index contributed by atoms with van der Waals surface area (Å²) in [6.45, 7) is 6.62. The molecular weight excluding hydrogens is 262 g/mol. The van der Waals surface area contributed by atoms with Crippen molar-refractivity contribution in [2.24, 2.45) is 5.92 Å². The van der Waals surface area contributed by atoms with Gasteiger partial charge in [0.2, 0.25) is 0 Å². The van der Waals surface area contributed by atoms with Gasteiger partial charge in [-0.25, -0.2) is 0 Å². The van der Waals surface area contributed by atoms with Crippen molar-refractivity contribution in [2.75, 3.05) is 20.1 Å². The minimum Gasteiger partial charge on any atom is -0.454 e. The third-order valence-corrected chi connectivity index (χ3v) is 4.02. The van der Waals surface area contributed by atoms with Crippen LogP contribution in [0.25, 0.3) is 0 Å². The number of ether oxygens (including phenoxy) is 1. The molecule has 21 heavy (non-hydrogen) atoms. The summed E-state index contributed by atoms with van der Waals surface area (Å²) < 4.78 is 46.4. The van der Waals surface area contributed by atoms with Crippen molar-refractivity contribution in [1.29, 1.82) is 0 Å². The monoisotopic (exact) mass is 292 g/mol. The molecule has 3 heteroatoms. The molecule has 0 saturated carbocycles. The molecule has 1 fully saturated rings. The second-order valence-electron chi connectivity index (χ2n) is 5.45. The van der Waals surface area contributed by atoms with E-state index in [-0.39, 0.29) is 30.0 Å². The Kier molecular flexibility index (Phi) is 3.34. The lowest BCUT2D eigenvalue weighted by Gasteiger charge is -2.46. The lowest BCUT2D eigenvalue weighted by atomic mass is 9.74. The fourth-order valence-electron chi connectivity index (χ4n) is 2.89. The van der Waals surface area contributed by atoms with Crippen LogP contribution in [0.5, 0.6) is 0 Å². The highest BCUT2D eigenvalue weighted by Crippen LogP contribution is 2.42. The van der Waals surface area contributed by atoms with Crippen LogP contribution in [0.15, 0.2) is 42.9 Å². The van der Waals surface area contributed by atoms with Crippen LogP contribution in [0.2, 0.25) is 0 Å². The van der Waals surface area contributed by atoms with Crippen molar-refractivity contribution in [3.63, 3.8) is 0 Å². The fourth-order valence-corrected chi connectivity index (χ4v) is 2.89. The maximum atomic E-state index is 12.2. The maximum absolute atomic E-state index is 12.2. The first-order valence-corrected chi connectivity index (χ1v) is 7.28. The van der Waals surface area contributed by atoms with E-state index < -0.39 is 29.7 Å². The summed E-state index contributed by atoms with van der Waals surface area (Å²) in [6, 6.07) is -1.89. The lowest BCUT2D eigenvalue weighted by Crippen LogP contribution is -2.51. The van der Waals surface area contributed by atoms with Gasteiger partial charge in [0.25, 0.3) is 0 Å². The zero-order chi connectivity index (χ0) is 19.6. The van der Waals surface area contributed by atoms with Crippen LogP contribution in [-0.4, -0.2) is 31.0 Å². The second-order valence-corrected chi connectivity index (χ2v) is 5.45. The van der Waals surface area contributed by atoms with Crippen molar-refractivity contribution in [3.05, 3.63) is 48.4 Å². The summed E-state index contributed by atoms with van der Waals surface area (Å²) in [4.78, 5) is 14.3. The second kappa shape index (κ2) is 6.90. The smallest absolute Gasteiger partial charge is 0.306 e. The first kappa shape index (κ1) is 10.2. The van der Waals surface area contributed by atoms with E-state index in [1.165, 1.54) is 0 Å². The summed E-state index contributed by atoms with van der Waals surface area (Å²) in [5.74, 6) is -0.701. The van der Waals surface area contributed by atoms with Crippen LogP contribution in [0.1, 0.15) is 38.6 Å². The molecule has 0 amide bonds. The third kappa shape index (κ3) is 3.35. The Morgan fingerprint density at radius 1 is 1.57 bits per heavy atom. The zero-order valence-electron chi connectivity index (χ0n) is 17.7. The summed E-state index contributed by atoms with van der Waals surface area (Å²) in [5, 5.41) is 0. The van der Waals surface area contributed by atoms with E-state index in [4.69, 9.17) is 11.6 Å². The number of piperidine rings is 1. The van der Waals surface area contributed by atoms with Crippen LogP contribution in [0.4, 0.5) is 0 Å². The molecule has 1 heterocycles. The van der Waals surface area contributed by atoms with Gasteiger partial charge in [0.05, 0.1) is 6.85 Å². The van der Waals surface area contributed by atoms with E-state index in [0.29, 0.717) is 25.9 Å². The number of allylic oxidation sites excluding steroid dienone is 1. The Balaban J connectivity index is 2.77. The van der Waals surface area contributed by atoms with Crippen LogP contribution in [0, 0.1) is 5.92 Å². The Labute approximate surface area is 134 Å². The fraction of sp³-hybridized carbons (Fsp3) is 0.500. The first-order valence-electron chi connectivity index (χ1n) is 9.78. The van der Waals surface area contributed by atoms with Crippen molar-refractivity contribution in [1.82, 2.24) is 4.90 Å². The summed E-state index contributed by atoms with van der Waals surface area (Å²) >= 11 is 0. The van der Waals surface area contributed by atoms with Gasteiger partial charge in [-0.05, 0) is 19.0 Å². The molecule has 1 aliphatic heterocycles. The van der Waals surface area contributed by atoms with Crippen LogP contribution >= 0.6 is 0 Å². The molecule has 0 aromatic heterocycles. The molecule has 114 valence electrons. The average molecular weight is 292 g/mol. The Bertz CT molecular complexity index is 695. The topological polar surface area (TPSA) is 29.5 Å². The Morgan fingerprint density at radius 3 is 2.90 bits per heavy atom. The molecule has 0 radical (unpaired) electrons. The van der Waals surface area contributed by atoms with E-state index in [1.807, 2.05) is 7.05 Å². The largest absolute Gasteiger partial charge is 0.454 e. The van der Waals surface area contributed by atoms with Gasteiger partial charge in [0.15, 0.2) is 0 Å². The quantitative estimate of drug-likeness (QED) is 0.615. The number of likely N-dealkylation sites (tertiary alicyclic amines) is 1. The molecule has 2 atom stereocenters. The summed E-state index contributed by atoms with van der Waals surface area (Å²) in [7, 11) is 1.95. The zero-order valence-corrected chi connectivity index (χ0v) is 12.7. The van der Waals surface area contributed by atoms with E-state index >= 15 is 0 Å². The van der Waals surface area contributed by atoms with E-state index in [1.54, 1.807) is 13.0 Å². The molecule has 1 aromatic carbocycles. The molecule has 3 nitrogen and oxygen atoms in total. The minimum atomic E-state index is -1.26. The van der Waals surface area contributed by atoms with Gasteiger partial charge < -0.3 is 9.64 Å². The van der Waals surface area contributed by atoms with Crippen molar-refractivity contribution in [2.45, 2.75) is 31.8 Å². The molecule has 0 spiro atoms. The van der Waals surface area contributed by atoms with Crippen molar-refractivity contribution in [3.8, 4) is 0 Å². The molecule has 0 aliphatic carbocycles. The van der Waals surface area contributed by atoms with Crippen molar-refractivity contribution >= 4 is 5.97 Å². The van der Waals surface area contributed by atoms with Crippen molar-refractivity contribution < 1.29 is 16.4 Å². The Hall–Kier alpha value is -1.61. The number of nitrogens with zero attached hydrogens (tertiary/aromatic N) is 1. The predicted molar refractivity (Wildman–Crippen MR) is 84.9 cm³/mol. The highest BCUT2D eigenvalue weighted by atomic mass is 16.6. The van der Waals surface area contributed by atoms with Gasteiger partial charge in [-0.1, -0.05) is 43.2 Å². The molecule has 0 bridgehead atoms. The van der Waals surface area contributed by atoms with Crippen LogP contribution in [-0.2, 0) is 15.1 Å². The highest BCUT2D eigenvalue weighted by Gasteiger charge is 2.46. The molecule has 2 unspecified atom stereocenters. The number of esters is 1. The highest BCUT2D eigenvalue weighted by molar-refractivity contribution is 5.69. The van der Waals surface area contributed by atoms with E-state index in [2.05, 4.69) is 11.5 Å². The average Bonchev–Trinajstić information content (AvgIpc) is 2.61. The van der Waals surface area contributed by atoms with E-state index in [0.717, 1.165) is 0 Å². The summed E-state index contributed by atoms with van der Waals surface area (Å²) in [6.07, 6.45) is 2.73. The first-order chi connectivity index (χ1) is 12.2. The molecule has 2 rings (SSSR count). The number of benzene rings is 1. The third-order valence-electron chi connectivity index (χ3n) is 4.02. The maximum Gasteiger partial charge on any atom is 0.306 e. The van der Waals surface area contributed by atoms with Gasteiger partial charge in [-0.15, -0.1) is 6.58 Å². The molecule has 1 saturated heterocycles. The predicted octanol–water partition coefficient (Wildman–Crippen LogP) is 3.36. The molecule has 0 N–H and O–H groups in total. The summed E-state index contributed by atoms with van der Waals surface area (Å²) in [5.41, 5.74) is -1.19. The van der Waals surface area contributed by atoms with Gasteiger partial charge in [-0.2, -0.15) is 0 Å². The number of carbonyl (C=O) groups excluding carboxylic acids is 1. The van der Waals surface area contributed by atoms with Crippen LogP contribution < -0.4 is 0 Å². The van der Waals surface area contributed by atoms with Gasteiger partial charge in [-0.3, -0.25) is 4.79 Å².